The summed E-state index contributed by atoms with van der Waals surface area (Å²) in [5.74, 6) is -1.22. The Morgan fingerprint density at radius 3 is 1.77 bits per heavy atom. The molecule has 5 nitrogen and oxygen atoms in total. The molecule has 0 atom stereocenters. The number of rotatable bonds is 4. The predicted molar refractivity (Wildman–Crippen MR) is 45.9 cm³/mol. The topological polar surface area (TPSA) is 69.7 Å². The van der Waals surface area contributed by atoms with Crippen LogP contribution in [0.5, 0.6) is 0 Å². The Kier molecular flexibility index (Phi) is 5.29. The third-order valence-electron chi connectivity index (χ3n) is 0.922. The van der Waals surface area contributed by atoms with Crippen LogP contribution in [0.3, 0.4) is 0 Å². The summed E-state index contributed by atoms with van der Waals surface area (Å²) in [5.41, 5.74) is 0. The van der Waals surface area contributed by atoms with Gasteiger partial charge in [-0.2, -0.15) is 0 Å². The van der Waals surface area contributed by atoms with E-state index in [-0.39, 0.29) is 6.42 Å². The molecule has 0 aliphatic rings. The molecule has 6 heteroatoms. The lowest BCUT2D eigenvalue weighted by molar-refractivity contribution is -0.185. The summed E-state index contributed by atoms with van der Waals surface area (Å²) in [7, 11) is 0. The second-order valence-corrected chi connectivity index (χ2v) is 3.09. The van der Waals surface area contributed by atoms with E-state index in [1.165, 1.54) is 0 Å². The maximum atomic E-state index is 10.6. The van der Waals surface area contributed by atoms with Crippen molar-refractivity contribution in [2.45, 2.75) is 26.6 Å². The van der Waals surface area contributed by atoms with Crippen LogP contribution in [0.25, 0.3) is 0 Å². The molecule has 0 aromatic heterocycles. The molecule has 0 heterocycles. The number of hydrogen-bond donors (Lipinski definition) is 0. The fourth-order valence-electron chi connectivity index (χ4n) is 0.609. The number of ether oxygens (including phenoxy) is 2. The first-order chi connectivity index (χ1) is 5.91. The van der Waals surface area contributed by atoms with Crippen molar-refractivity contribution in [1.29, 1.82) is 0 Å². The van der Waals surface area contributed by atoms with Gasteiger partial charge in [-0.25, -0.2) is 0 Å². The van der Waals surface area contributed by atoms with E-state index in [1.54, 1.807) is 0 Å². The highest BCUT2D eigenvalue weighted by molar-refractivity contribution is 9.18. The fraction of sp³-hybridized carbons (Fsp3) is 0.571. The zero-order chi connectivity index (χ0) is 10.4. The SMILES string of the molecule is CC(=O)OC(CC(=O)Br)OC(C)=O. The highest BCUT2D eigenvalue weighted by atomic mass is 79.9. The van der Waals surface area contributed by atoms with Crippen molar-refractivity contribution in [2.24, 2.45) is 0 Å². The molecule has 0 aliphatic carbocycles. The van der Waals surface area contributed by atoms with Gasteiger partial charge in [-0.05, 0) is 15.9 Å². The standard InChI is InChI=1S/C7H9BrO5/c1-4(9)12-7(3-6(8)11)13-5(2)10/h7H,3H2,1-2H3. The van der Waals surface area contributed by atoms with Crippen LogP contribution in [0.1, 0.15) is 20.3 Å². The largest absolute Gasteiger partial charge is 0.425 e. The first-order valence-corrected chi connectivity index (χ1v) is 4.24. The summed E-state index contributed by atoms with van der Waals surface area (Å²) in [6, 6.07) is 0. The van der Waals surface area contributed by atoms with Crippen molar-refractivity contribution in [1.82, 2.24) is 0 Å². The third kappa shape index (κ3) is 7.45. The second-order valence-electron chi connectivity index (χ2n) is 2.21. The molecule has 13 heavy (non-hydrogen) atoms. The lowest BCUT2D eigenvalue weighted by atomic mass is 10.4. The van der Waals surface area contributed by atoms with E-state index in [0.717, 1.165) is 13.8 Å². The first kappa shape index (κ1) is 12.1. The number of carbonyl (C=O) groups excluding carboxylic acids is 3. The lowest BCUT2D eigenvalue weighted by Crippen LogP contribution is -2.24. The molecular formula is C7H9BrO5. The van der Waals surface area contributed by atoms with Crippen LogP contribution in [0.4, 0.5) is 0 Å². The average molecular weight is 253 g/mol. The molecule has 0 bridgehead atoms. The predicted octanol–water partition coefficient (Wildman–Crippen LogP) is 0.750. The van der Waals surface area contributed by atoms with E-state index in [0.29, 0.717) is 0 Å². The Morgan fingerprint density at radius 2 is 1.54 bits per heavy atom. The van der Waals surface area contributed by atoms with Gasteiger partial charge in [-0.15, -0.1) is 0 Å². The van der Waals surface area contributed by atoms with Crippen molar-refractivity contribution in [3.63, 3.8) is 0 Å². The Bertz CT molecular complexity index is 187. The molecule has 0 spiro atoms. The number of esters is 2. The lowest BCUT2D eigenvalue weighted by Gasteiger charge is -2.14. The molecule has 74 valence electrons. The van der Waals surface area contributed by atoms with Crippen molar-refractivity contribution >= 4 is 32.6 Å². The van der Waals surface area contributed by atoms with Gasteiger partial charge in [0.25, 0.3) is 6.29 Å². The molecule has 0 saturated heterocycles. The van der Waals surface area contributed by atoms with E-state index >= 15 is 0 Å². The maximum Gasteiger partial charge on any atom is 0.305 e. The van der Waals surface area contributed by atoms with Gasteiger partial charge in [0.1, 0.15) is 0 Å². The number of carbonyl (C=O) groups is 3. The Hall–Kier alpha value is -0.910. The highest BCUT2D eigenvalue weighted by Crippen LogP contribution is 2.05. The minimum Gasteiger partial charge on any atom is -0.425 e. The molecule has 0 saturated carbocycles. The minimum atomic E-state index is -1.14. The molecule has 0 aliphatic heterocycles. The summed E-state index contributed by atoms with van der Waals surface area (Å²) in [4.78, 5) is 31.5. The van der Waals surface area contributed by atoms with Crippen molar-refractivity contribution in [2.75, 3.05) is 0 Å². The Labute approximate surface area is 83.5 Å². The monoisotopic (exact) mass is 252 g/mol. The summed E-state index contributed by atoms with van der Waals surface area (Å²) in [6.07, 6.45) is -1.33. The zero-order valence-corrected chi connectivity index (χ0v) is 8.79. The minimum absolute atomic E-state index is 0.195. The van der Waals surface area contributed by atoms with Crippen LogP contribution >= 0.6 is 15.9 Å². The Balaban J connectivity index is 4.10. The van der Waals surface area contributed by atoms with Gasteiger partial charge in [-0.3, -0.25) is 14.4 Å². The molecule has 0 fully saturated rings. The van der Waals surface area contributed by atoms with Gasteiger partial charge < -0.3 is 9.47 Å². The van der Waals surface area contributed by atoms with Crippen LogP contribution < -0.4 is 0 Å². The smallest absolute Gasteiger partial charge is 0.305 e. The van der Waals surface area contributed by atoms with Crippen LogP contribution in [-0.2, 0) is 23.9 Å². The van der Waals surface area contributed by atoms with Gasteiger partial charge in [0.15, 0.2) is 0 Å². The average Bonchev–Trinajstić information content (AvgIpc) is 1.80. The highest BCUT2D eigenvalue weighted by Gasteiger charge is 2.17. The van der Waals surface area contributed by atoms with Gasteiger partial charge in [0, 0.05) is 13.8 Å². The molecule has 0 rings (SSSR count). The third-order valence-corrected chi connectivity index (χ3v) is 1.25. The molecule has 0 unspecified atom stereocenters. The van der Waals surface area contributed by atoms with Gasteiger partial charge in [-0.1, -0.05) is 0 Å². The fourth-order valence-corrected chi connectivity index (χ4v) is 0.873. The first-order valence-electron chi connectivity index (χ1n) is 3.44. The summed E-state index contributed by atoms with van der Waals surface area (Å²) >= 11 is 2.63. The normalized spacial score (nSPS) is 9.54. The molecular weight excluding hydrogens is 244 g/mol. The number of halogens is 1. The van der Waals surface area contributed by atoms with Gasteiger partial charge in [0.05, 0.1) is 6.42 Å². The van der Waals surface area contributed by atoms with Crippen LogP contribution in [0.15, 0.2) is 0 Å². The van der Waals surface area contributed by atoms with Crippen molar-refractivity contribution in [3.8, 4) is 0 Å². The maximum absolute atomic E-state index is 10.6. The van der Waals surface area contributed by atoms with E-state index in [1.807, 2.05) is 0 Å². The van der Waals surface area contributed by atoms with Gasteiger partial charge >= 0.3 is 11.9 Å². The summed E-state index contributed by atoms with van der Waals surface area (Å²) < 4.78 is 8.68. The quantitative estimate of drug-likeness (QED) is 0.420. The van der Waals surface area contributed by atoms with E-state index in [9.17, 15) is 14.4 Å². The van der Waals surface area contributed by atoms with E-state index in [2.05, 4.69) is 25.4 Å². The van der Waals surface area contributed by atoms with Crippen LogP contribution in [0, 0.1) is 0 Å². The van der Waals surface area contributed by atoms with Crippen LogP contribution in [-0.4, -0.2) is 22.9 Å². The summed E-state index contributed by atoms with van der Waals surface area (Å²) in [5, 5.41) is 0. The van der Waals surface area contributed by atoms with Gasteiger partial charge in [0.2, 0.25) is 4.69 Å². The van der Waals surface area contributed by atoms with E-state index < -0.39 is 22.9 Å². The molecule has 0 aromatic carbocycles. The Morgan fingerprint density at radius 1 is 1.15 bits per heavy atom. The summed E-state index contributed by atoms with van der Waals surface area (Å²) in [6.45, 7) is 2.32. The van der Waals surface area contributed by atoms with Crippen molar-refractivity contribution < 1.29 is 23.9 Å². The molecule has 0 aromatic rings. The molecule has 0 N–H and O–H groups in total. The number of hydrogen-bond acceptors (Lipinski definition) is 5. The molecule has 0 amide bonds. The second kappa shape index (κ2) is 5.69. The van der Waals surface area contributed by atoms with E-state index in [4.69, 9.17) is 0 Å². The van der Waals surface area contributed by atoms with Crippen molar-refractivity contribution in [3.05, 3.63) is 0 Å². The van der Waals surface area contributed by atoms with Crippen LogP contribution in [0.2, 0.25) is 0 Å². The molecule has 0 radical (unpaired) electrons. The zero-order valence-electron chi connectivity index (χ0n) is 7.20.